The monoisotopic (exact) mass is 176 g/mol. The summed E-state index contributed by atoms with van der Waals surface area (Å²) < 4.78 is 0. The molecule has 0 aromatic carbocycles. The smallest absolute Gasteiger partial charge is 0.147 e. The molecule has 0 amide bonds. The van der Waals surface area contributed by atoms with Crippen LogP contribution in [0.3, 0.4) is 0 Å². The summed E-state index contributed by atoms with van der Waals surface area (Å²) >= 11 is 11.0. The maximum atomic E-state index is 5.56. The van der Waals surface area contributed by atoms with E-state index in [0.29, 0.717) is 11.0 Å². The number of rotatable bonds is 2. The number of aryl methyl sites for hydroxylation is 1. The fraction of sp³-hybridized carbons (Fsp3) is 0.333. The summed E-state index contributed by atoms with van der Waals surface area (Å²) in [5, 5.41) is 0.419. The van der Waals surface area contributed by atoms with Crippen LogP contribution in [0.2, 0.25) is 5.15 Å². The molecule has 0 fully saturated rings. The molecule has 1 heterocycles. The van der Waals surface area contributed by atoms with Crippen LogP contribution in [-0.2, 0) is 6.42 Å². The van der Waals surface area contributed by atoms with Gasteiger partial charge in [-0.3, -0.25) is 4.98 Å². The summed E-state index contributed by atoms with van der Waals surface area (Å²) in [5.74, 6) is 0.551. The van der Waals surface area contributed by atoms with Gasteiger partial charge in [-0.2, -0.15) is 0 Å². The van der Waals surface area contributed by atoms with Crippen molar-refractivity contribution in [3.63, 3.8) is 0 Å². The Morgan fingerprint density at radius 3 is 2.80 bits per heavy atom. The van der Waals surface area contributed by atoms with Gasteiger partial charge in [-0.05, 0) is 0 Å². The first-order chi connectivity index (χ1) is 4.83. The van der Waals surface area contributed by atoms with Gasteiger partial charge in [-0.15, -0.1) is 11.6 Å². The van der Waals surface area contributed by atoms with Crippen molar-refractivity contribution in [2.45, 2.75) is 6.42 Å². The van der Waals surface area contributed by atoms with Gasteiger partial charge in [-0.25, -0.2) is 4.98 Å². The lowest BCUT2D eigenvalue weighted by Crippen LogP contribution is -1.91. The molecule has 0 spiro atoms. The quantitative estimate of drug-likeness (QED) is 0.644. The van der Waals surface area contributed by atoms with Gasteiger partial charge in [0.2, 0.25) is 0 Å². The number of aromatic nitrogens is 2. The normalized spacial score (nSPS) is 9.80. The summed E-state index contributed by atoms with van der Waals surface area (Å²) in [5.41, 5.74) is 0.836. The molecular weight excluding hydrogens is 171 g/mol. The molecule has 0 radical (unpaired) electrons. The molecule has 1 aromatic heterocycles. The van der Waals surface area contributed by atoms with Gasteiger partial charge in [0, 0.05) is 18.5 Å². The van der Waals surface area contributed by atoms with E-state index >= 15 is 0 Å². The van der Waals surface area contributed by atoms with Crippen molar-refractivity contribution in [3.05, 3.63) is 23.2 Å². The average molecular weight is 177 g/mol. The van der Waals surface area contributed by atoms with Crippen LogP contribution in [0.25, 0.3) is 0 Å². The molecular formula is C6H6Cl2N2. The van der Waals surface area contributed by atoms with Crippen LogP contribution >= 0.6 is 23.2 Å². The lowest BCUT2D eigenvalue weighted by Gasteiger charge is -1.94. The molecule has 0 saturated heterocycles. The second-order valence-electron chi connectivity index (χ2n) is 1.77. The molecule has 0 saturated carbocycles. The molecule has 0 aliphatic rings. The first-order valence-electron chi connectivity index (χ1n) is 2.85. The molecule has 2 nitrogen and oxygen atoms in total. The fourth-order valence-electron chi connectivity index (χ4n) is 0.597. The second kappa shape index (κ2) is 3.74. The van der Waals surface area contributed by atoms with Gasteiger partial charge in [0.1, 0.15) is 5.15 Å². The van der Waals surface area contributed by atoms with Crippen molar-refractivity contribution >= 4 is 23.2 Å². The number of hydrogen-bond acceptors (Lipinski definition) is 2. The molecule has 54 valence electrons. The van der Waals surface area contributed by atoms with E-state index in [1.807, 2.05) is 0 Å². The van der Waals surface area contributed by atoms with E-state index < -0.39 is 0 Å². The molecule has 0 aliphatic heterocycles. The first kappa shape index (κ1) is 7.76. The summed E-state index contributed by atoms with van der Waals surface area (Å²) in [6.07, 6.45) is 3.88. The van der Waals surface area contributed by atoms with Gasteiger partial charge in [0.25, 0.3) is 0 Å². The highest BCUT2D eigenvalue weighted by Gasteiger charge is 1.93. The maximum absolute atomic E-state index is 5.56. The van der Waals surface area contributed by atoms with E-state index in [-0.39, 0.29) is 0 Å². The topological polar surface area (TPSA) is 25.8 Å². The molecule has 4 heteroatoms. The summed E-state index contributed by atoms with van der Waals surface area (Å²) in [7, 11) is 0. The van der Waals surface area contributed by atoms with Crippen molar-refractivity contribution in [1.82, 2.24) is 9.97 Å². The summed E-state index contributed by atoms with van der Waals surface area (Å²) in [4.78, 5) is 7.83. The molecule has 0 bridgehead atoms. The summed E-state index contributed by atoms with van der Waals surface area (Å²) in [6.45, 7) is 0. The molecule has 0 unspecified atom stereocenters. The average Bonchev–Trinajstić information content (AvgIpc) is 1.88. The predicted molar refractivity (Wildman–Crippen MR) is 41.5 cm³/mol. The third-order valence-electron chi connectivity index (χ3n) is 1.01. The van der Waals surface area contributed by atoms with E-state index in [2.05, 4.69) is 9.97 Å². The van der Waals surface area contributed by atoms with Crippen LogP contribution in [0.5, 0.6) is 0 Å². The highest BCUT2D eigenvalue weighted by Crippen LogP contribution is 2.02. The Balaban J connectivity index is 2.75. The number of halogens is 2. The highest BCUT2D eigenvalue weighted by atomic mass is 35.5. The van der Waals surface area contributed by atoms with Crippen LogP contribution in [0.4, 0.5) is 0 Å². The highest BCUT2D eigenvalue weighted by molar-refractivity contribution is 6.29. The first-order valence-corrected chi connectivity index (χ1v) is 3.76. The Morgan fingerprint density at radius 1 is 1.40 bits per heavy atom. The van der Waals surface area contributed by atoms with E-state index in [9.17, 15) is 0 Å². The molecule has 0 N–H and O–H groups in total. The lowest BCUT2D eigenvalue weighted by molar-refractivity contribution is 1.01. The minimum atomic E-state index is 0.419. The van der Waals surface area contributed by atoms with Crippen LogP contribution in [0.1, 0.15) is 5.69 Å². The largest absolute Gasteiger partial charge is 0.260 e. The zero-order valence-electron chi connectivity index (χ0n) is 5.22. The minimum Gasteiger partial charge on any atom is -0.260 e. The Labute approximate surface area is 69.2 Å². The zero-order valence-corrected chi connectivity index (χ0v) is 6.73. The minimum absolute atomic E-state index is 0.419. The Hall–Kier alpha value is -0.340. The van der Waals surface area contributed by atoms with E-state index in [4.69, 9.17) is 23.2 Å². The van der Waals surface area contributed by atoms with E-state index in [0.717, 1.165) is 12.1 Å². The van der Waals surface area contributed by atoms with Gasteiger partial charge in [0.05, 0.1) is 11.9 Å². The van der Waals surface area contributed by atoms with Gasteiger partial charge < -0.3 is 0 Å². The predicted octanol–water partition coefficient (Wildman–Crippen LogP) is 1.91. The van der Waals surface area contributed by atoms with Crippen LogP contribution in [-0.4, -0.2) is 15.8 Å². The summed E-state index contributed by atoms with van der Waals surface area (Å²) in [6, 6.07) is 0. The maximum Gasteiger partial charge on any atom is 0.147 e. The molecule has 1 rings (SSSR count). The van der Waals surface area contributed by atoms with Crippen molar-refractivity contribution in [3.8, 4) is 0 Å². The third-order valence-corrected chi connectivity index (χ3v) is 1.38. The third kappa shape index (κ3) is 2.12. The fourth-order valence-corrected chi connectivity index (χ4v) is 0.956. The van der Waals surface area contributed by atoms with Crippen molar-refractivity contribution in [2.24, 2.45) is 0 Å². The molecule has 0 aliphatic carbocycles. The van der Waals surface area contributed by atoms with Gasteiger partial charge >= 0.3 is 0 Å². The van der Waals surface area contributed by atoms with Crippen LogP contribution < -0.4 is 0 Å². The van der Waals surface area contributed by atoms with Crippen molar-refractivity contribution in [1.29, 1.82) is 0 Å². The van der Waals surface area contributed by atoms with Crippen LogP contribution in [0, 0.1) is 0 Å². The van der Waals surface area contributed by atoms with Gasteiger partial charge in [0.15, 0.2) is 0 Å². The van der Waals surface area contributed by atoms with Crippen LogP contribution in [0.15, 0.2) is 12.4 Å². The Morgan fingerprint density at radius 2 is 2.20 bits per heavy atom. The number of hydrogen-bond donors (Lipinski definition) is 0. The molecule has 10 heavy (non-hydrogen) atoms. The second-order valence-corrected chi connectivity index (χ2v) is 2.54. The van der Waals surface area contributed by atoms with Gasteiger partial charge in [-0.1, -0.05) is 11.6 Å². The standard InChI is InChI=1S/C6H6Cl2N2/c7-2-1-5-3-9-4-6(8)10-5/h3-4H,1-2H2. The number of nitrogens with zero attached hydrogens (tertiary/aromatic N) is 2. The van der Waals surface area contributed by atoms with Crippen molar-refractivity contribution in [2.75, 3.05) is 5.88 Å². The SMILES string of the molecule is ClCCc1cncc(Cl)n1. The number of alkyl halides is 1. The lowest BCUT2D eigenvalue weighted by atomic mass is 10.4. The Bertz CT molecular complexity index is 215. The van der Waals surface area contributed by atoms with Crippen molar-refractivity contribution < 1.29 is 0 Å². The zero-order chi connectivity index (χ0) is 7.40. The Kier molecular flexibility index (Phi) is 2.90. The molecule has 0 atom stereocenters. The van der Waals surface area contributed by atoms with E-state index in [1.165, 1.54) is 6.20 Å². The molecule has 1 aromatic rings. The van der Waals surface area contributed by atoms with E-state index in [1.54, 1.807) is 6.20 Å².